The molecule has 2 aromatic carbocycles. The van der Waals surface area contributed by atoms with Crippen LogP contribution in [0, 0.1) is 5.82 Å². The lowest BCUT2D eigenvalue weighted by molar-refractivity contribution is 0.194. The summed E-state index contributed by atoms with van der Waals surface area (Å²) in [4.78, 5) is 11.9. The molecule has 0 spiro atoms. The van der Waals surface area contributed by atoms with Crippen molar-refractivity contribution in [1.82, 2.24) is 10.3 Å². The first-order valence-electron chi connectivity index (χ1n) is 7.67. The summed E-state index contributed by atoms with van der Waals surface area (Å²) in [6.07, 6.45) is 3.30. The van der Waals surface area contributed by atoms with Gasteiger partial charge in [-0.1, -0.05) is 36.9 Å². The molecule has 3 rings (SSSR count). The van der Waals surface area contributed by atoms with Gasteiger partial charge >= 0.3 is 6.09 Å². The summed E-state index contributed by atoms with van der Waals surface area (Å²) in [7, 11) is 0. The highest BCUT2D eigenvalue weighted by Gasteiger charge is 2.15. The summed E-state index contributed by atoms with van der Waals surface area (Å²) in [5, 5.41) is 9.99. The predicted molar refractivity (Wildman–Crippen MR) is 101 cm³/mol. The number of anilines is 1. The van der Waals surface area contributed by atoms with Gasteiger partial charge in [0.2, 0.25) is 0 Å². The monoisotopic (exact) mass is 385 g/mol. The van der Waals surface area contributed by atoms with Crippen LogP contribution in [0.3, 0.4) is 0 Å². The number of amides is 1. The zero-order chi connectivity index (χ0) is 19.4. The molecule has 0 fully saturated rings. The molecule has 0 saturated heterocycles. The Morgan fingerprint density at radius 2 is 2.00 bits per heavy atom. The number of fused-ring (bicyclic) bond motifs is 1. The van der Waals surface area contributed by atoms with Gasteiger partial charge in [-0.15, -0.1) is 0 Å². The van der Waals surface area contributed by atoms with Crippen LogP contribution in [0.4, 0.5) is 14.9 Å². The highest BCUT2D eigenvalue weighted by Crippen LogP contribution is 2.33. The van der Waals surface area contributed by atoms with Gasteiger partial charge in [-0.25, -0.2) is 13.8 Å². The van der Waals surface area contributed by atoms with Gasteiger partial charge in [0.1, 0.15) is 22.6 Å². The van der Waals surface area contributed by atoms with Crippen molar-refractivity contribution in [2.75, 3.05) is 5.32 Å². The molecule has 1 amide bonds. The molecule has 1 aromatic heterocycles. The van der Waals surface area contributed by atoms with Crippen LogP contribution in [0.25, 0.3) is 22.2 Å². The molecule has 1 heterocycles. The largest absolute Gasteiger partial charge is 0.417 e. The highest BCUT2D eigenvalue weighted by molar-refractivity contribution is 6.33. The number of nitrogens with zero attached hydrogens (tertiary/aromatic N) is 2. The van der Waals surface area contributed by atoms with E-state index in [4.69, 9.17) is 16.3 Å². The molecule has 0 saturated carbocycles. The second-order valence-corrected chi connectivity index (χ2v) is 5.71. The Hall–Kier alpha value is -3.45. The van der Waals surface area contributed by atoms with E-state index in [0.717, 1.165) is 0 Å². The third-order valence-electron chi connectivity index (χ3n) is 3.55. The van der Waals surface area contributed by atoms with Gasteiger partial charge in [-0.2, -0.15) is 0 Å². The maximum absolute atomic E-state index is 14.5. The number of aromatic nitrogens is 2. The van der Waals surface area contributed by atoms with E-state index in [9.17, 15) is 9.18 Å². The van der Waals surface area contributed by atoms with Gasteiger partial charge in [0, 0.05) is 5.56 Å². The molecule has 27 heavy (non-hydrogen) atoms. The molecule has 3 aromatic rings. The summed E-state index contributed by atoms with van der Waals surface area (Å²) in [6, 6.07) is 7.57. The average Bonchev–Trinajstić information content (AvgIpc) is 3.11. The topological polar surface area (TPSA) is 77.2 Å². The average molecular weight is 386 g/mol. The molecular formula is C19H13ClFN3O3. The van der Waals surface area contributed by atoms with Crippen LogP contribution >= 0.6 is 11.6 Å². The van der Waals surface area contributed by atoms with Crippen molar-refractivity contribution in [1.29, 1.82) is 0 Å². The van der Waals surface area contributed by atoms with Gasteiger partial charge in [0.15, 0.2) is 0 Å². The lowest BCUT2D eigenvalue weighted by Crippen LogP contribution is -2.14. The minimum atomic E-state index is -0.888. The number of hydrogen-bond donors (Lipinski definition) is 1. The van der Waals surface area contributed by atoms with E-state index in [1.54, 1.807) is 18.2 Å². The highest BCUT2D eigenvalue weighted by atomic mass is 35.5. The number of carbonyl (C=O) groups is 1. The molecule has 136 valence electrons. The molecule has 0 unspecified atom stereocenters. The van der Waals surface area contributed by atoms with Gasteiger partial charge < -0.3 is 4.74 Å². The van der Waals surface area contributed by atoms with Gasteiger partial charge in [-0.3, -0.25) is 5.32 Å². The Bertz CT molecular complexity index is 1080. The molecule has 0 atom stereocenters. The minimum Gasteiger partial charge on any atom is -0.410 e. The molecule has 1 N–H and O–H groups in total. The third-order valence-corrected chi connectivity index (χ3v) is 3.86. The van der Waals surface area contributed by atoms with E-state index in [1.807, 2.05) is 0 Å². The number of halogens is 2. The molecule has 6 nitrogen and oxygen atoms in total. The van der Waals surface area contributed by atoms with Crippen molar-refractivity contribution < 1.29 is 18.6 Å². The van der Waals surface area contributed by atoms with Crippen LogP contribution in [0.1, 0.15) is 0 Å². The Morgan fingerprint density at radius 1 is 1.22 bits per heavy atom. The van der Waals surface area contributed by atoms with Gasteiger partial charge in [0.25, 0.3) is 0 Å². The van der Waals surface area contributed by atoms with Crippen molar-refractivity contribution in [3.8, 4) is 11.1 Å². The standard InChI is InChI=1S/C19H13ClFN3O3/c1-3-5-12(4-2)26-19(25)22-17-10-14(20)13(9-15(17)21)11-6-7-16-18(8-11)24-27-23-16/h3-10H,1-2H2,(H,22,25)/b12-5+. The fourth-order valence-electron chi connectivity index (χ4n) is 2.32. The summed E-state index contributed by atoms with van der Waals surface area (Å²) >= 11 is 6.27. The van der Waals surface area contributed by atoms with Crippen molar-refractivity contribution in [3.05, 3.63) is 78.3 Å². The Kier molecular flexibility index (Phi) is 5.33. The molecule has 0 radical (unpaired) electrons. The van der Waals surface area contributed by atoms with Crippen molar-refractivity contribution in [3.63, 3.8) is 0 Å². The van der Waals surface area contributed by atoms with Gasteiger partial charge in [-0.05, 0) is 52.3 Å². The number of hydrogen-bond acceptors (Lipinski definition) is 5. The number of ether oxygens (including phenoxy) is 1. The third kappa shape index (κ3) is 4.04. The van der Waals surface area contributed by atoms with Crippen LogP contribution in [-0.4, -0.2) is 16.4 Å². The number of carbonyl (C=O) groups excluding carboxylic acids is 1. The zero-order valence-corrected chi connectivity index (χ0v) is 14.7. The lowest BCUT2D eigenvalue weighted by atomic mass is 10.0. The van der Waals surface area contributed by atoms with E-state index < -0.39 is 11.9 Å². The maximum Gasteiger partial charge on any atom is 0.417 e. The maximum atomic E-state index is 14.5. The molecule has 0 aliphatic carbocycles. The second-order valence-electron chi connectivity index (χ2n) is 5.30. The van der Waals surface area contributed by atoms with E-state index in [0.29, 0.717) is 22.2 Å². The zero-order valence-electron chi connectivity index (χ0n) is 13.9. The van der Waals surface area contributed by atoms with E-state index in [2.05, 4.69) is 33.4 Å². The quantitative estimate of drug-likeness (QED) is 0.464. The van der Waals surface area contributed by atoms with Crippen LogP contribution in [0.2, 0.25) is 5.02 Å². The Labute approximate surface area is 158 Å². The van der Waals surface area contributed by atoms with Crippen molar-refractivity contribution in [2.45, 2.75) is 0 Å². The Morgan fingerprint density at radius 3 is 2.74 bits per heavy atom. The van der Waals surface area contributed by atoms with Crippen molar-refractivity contribution >= 4 is 34.4 Å². The van der Waals surface area contributed by atoms with Crippen LogP contribution in [-0.2, 0) is 4.74 Å². The molecule has 8 heteroatoms. The minimum absolute atomic E-state index is 0.125. The van der Waals surface area contributed by atoms with E-state index >= 15 is 0 Å². The first-order chi connectivity index (χ1) is 13.0. The fraction of sp³-hybridized carbons (Fsp3) is 0. The molecule has 0 aliphatic heterocycles. The number of rotatable bonds is 5. The van der Waals surface area contributed by atoms with Crippen LogP contribution in [0.5, 0.6) is 0 Å². The number of nitrogens with one attached hydrogen (secondary N) is 1. The molecule has 0 aliphatic rings. The SMILES string of the molecule is C=C/C=C(\C=C)OC(=O)Nc1cc(Cl)c(-c2ccc3nonc3c2)cc1F. The fourth-order valence-corrected chi connectivity index (χ4v) is 2.59. The molecular weight excluding hydrogens is 373 g/mol. The smallest absolute Gasteiger partial charge is 0.410 e. The lowest BCUT2D eigenvalue weighted by Gasteiger charge is -2.11. The summed E-state index contributed by atoms with van der Waals surface area (Å²) < 4.78 is 24.1. The van der Waals surface area contributed by atoms with Crippen molar-refractivity contribution in [2.24, 2.45) is 0 Å². The predicted octanol–water partition coefficient (Wildman–Crippen LogP) is 5.49. The van der Waals surface area contributed by atoms with E-state index in [1.165, 1.54) is 30.4 Å². The molecule has 0 bridgehead atoms. The summed E-state index contributed by atoms with van der Waals surface area (Å²) in [6.45, 7) is 6.99. The summed E-state index contributed by atoms with van der Waals surface area (Å²) in [5.41, 5.74) is 2.01. The first kappa shape index (κ1) is 18.3. The first-order valence-corrected chi connectivity index (χ1v) is 8.05. The van der Waals surface area contributed by atoms with Crippen LogP contribution < -0.4 is 5.32 Å². The number of benzene rings is 2. The van der Waals surface area contributed by atoms with Gasteiger partial charge in [0.05, 0.1) is 10.7 Å². The summed E-state index contributed by atoms with van der Waals surface area (Å²) in [5.74, 6) is -0.516. The van der Waals surface area contributed by atoms with Crippen LogP contribution in [0.15, 0.2) is 72.1 Å². The normalized spacial score (nSPS) is 11.3. The second kappa shape index (κ2) is 7.84. The Balaban J connectivity index is 1.86. The number of allylic oxidation sites excluding steroid dienone is 3. The van der Waals surface area contributed by atoms with E-state index in [-0.39, 0.29) is 16.5 Å².